The molecule has 2 rings (SSSR count). The largest absolute Gasteiger partial charge is 0.417 e. The predicted octanol–water partition coefficient (Wildman–Crippen LogP) is 2.43. The average Bonchev–Trinajstić information content (AvgIpc) is 2.38. The number of rotatable bonds is 1. The molecule has 18 heavy (non-hydrogen) atoms. The van der Waals surface area contributed by atoms with Crippen LogP contribution in [0.15, 0.2) is 30.9 Å². The van der Waals surface area contributed by atoms with Gasteiger partial charge in [-0.1, -0.05) is 0 Å². The van der Waals surface area contributed by atoms with Gasteiger partial charge in [0.25, 0.3) is 0 Å². The quantitative estimate of drug-likeness (QED) is 0.779. The summed E-state index contributed by atoms with van der Waals surface area (Å²) in [6, 6.07) is 2.71. The minimum absolute atomic E-state index is 0.0960. The summed E-state index contributed by atoms with van der Waals surface area (Å²) in [5, 5.41) is 8.54. The zero-order valence-electron chi connectivity index (χ0n) is 8.81. The van der Waals surface area contributed by atoms with Crippen LogP contribution in [0.3, 0.4) is 0 Å². The van der Waals surface area contributed by atoms with Gasteiger partial charge in [0, 0.05) is 18.0 Å². The van der Waals surface area contributed by atoms with Crippen molar-refractivity contribution >= 4 is 0 Å². The number of hydrogen-bond donors (Lipinski definition) is 0. The molecule has 4 nitrogen and oxygen atoms in total. The number of pyridine rings is 1. The number of alkyl halides is 3. The maximum absolute atomic E-state index is 12.5. The number of aromatic nitrogens is 3. The Hall–Kier alpha value is -2.49. The van der Waals surface area contributed by atoms with Gasteiger partial charge in [-0.25, -0.2) is 4.98 Å². The molecule has 0 saturated heterocycles. The predicted molar refractivity (Wildman–Crippen MR) is 55.0 cm³/mol. The van der Waals surface area contributed by atoms with Crippen molar-refractivity contribution in [2.75, 3.05) is 0 Å². The Bertz CT molecular complexity index is 599. The molecular weight excluding hydrogens is 245 g/mol. The number of halogens is 3. The number of hydrogen-bond acceptors (Lipinski definition) is 4. The lowest BCUT2D eigenvalue weighted by Crippen LogP contribution is -2.05. The second-order valence-corrected chi connectivity index (χ2v) is 3.36. The van der Waals surface area contributed by atoms with Gasteiger partial charge in [-0.15, -0.1) is 0 Å². The van der Waals surface area contributed by atoms with Crippen LogP contribution in [0.2, 0.25) is 0 Å². The number of nitriles is 1. The van der Waals surface area contributed by atoms with Crippen LogP contribution in [0.4, 0.5) is 13.2 Å². The van der Waals surface area contributed by atoms with Crippen LogP contribution < -0.4 is 0 Å². The van der Waals surface area contributed by atoms with Gasteiger partial charge in [0.05, 0.1) is 23.7 Å². The van der Waals surface area contributed by atoms with E-state index in [1.165, 1.54) is 18.6 Å². The van der Waals surface area contributed by atoms with Gasteiger partial charge >= 0.3 is 6.18 Å². The first-order valence-corrected chi connectivity index (χ1v) is 4.75. The summed E-state index contributed by atoms with van der Waals surface area (Å²) in [5.41, 5.74) is -0.334. The fraction of sp³-hybridized carbons (Fsp3) is 0.0909. The maximum atomic E-state index is 12.5. The lowest BCUT2D eigenvalue weighted by Gasteiger charge is -2.07. The molecule has 0 fully saturated rings. The third-order valence-corrected chi connectivity index (χ3v) is 2.13. The van der Waals surface area contributed by atoms with Crippen molar-refractivity contribution in [2.45, 2.75) is 6.18 Å². The molecule has 0 radical (unpaired) electrons. The van der Waals surface area contributed by atoms with Crippen LogP contribution in [0.25, 0.3) is 11.3 Å². The van der Waals surface area contributed by atoms with E-state index < -0.39 is 11.7 Å². The molecule has 0 amide bonds. The van der Waals surface area contributed by atoms with E-state index in [9.17, 15) is 13.2 Å². The molecule has 0 aliphatic rings. The monoisotopic (exact) mass is 250 g/mol. The van der Waals surface area contributed by atoms with E-state index in [-0.39, 0.29) is 17.0 Å². The third-order valence-electron chi connectivity index (χ3n) is 2.13. The Morgan fingerprint density at radius 3 is 2.39 bits per heavy atom. The average molecular weight is 250 g/mol. The van der Waals surface area contributed by atoms with E-state index in [0.29, 0.717) is 0 Å². The second-order valence-electron chi connectivity index (χ2n) is 3.36. The van der Waals surface area contributed by atoms with Crippen molar-refractivity contribution in [3.05, 3.63) is 42.1 Å². The normalized spacial score (nSPS) is 11.0. The van der Waals surface area contributed by atoms with Crippen molar-refractivity contribution in [1.29, 1.82) is 5.26 Å². The summed E-state index contributed by atoms with van der Waals surface area (Å²) in [6.07, 6.45) is -0.0414. The Morgan fingerprint density at radius 2 is 1.83 bits per heavy atom. The van der Waals surface area contributed by atoms with E-state index in [1.807, 2.05) is 0 Å². The van der Waals surface area contributed by atoms with Crippen LogP contribution >= 0.6 is 0 Å². The van der Waals surface area contributed by atoms with Crippen molar-refractivity contribution in [2.24, 2.45) is 0 Å². The zero-order chi connectivity index (χ0) is 13.2. The van der Waals surface area contributed by atoms with Gasteiger partial charge < -0.3 is 0 Å². The Balaban J connectivity index is 2.42. The first-order chi connectivity index (χ1) is 8.50. The molecule has 0 aliphatic carbocycles. The highest BCUT2D eigenvalue weighted by Gasteiger charge is 2.31. The minimum Gasteiger partial charge on any atom is -0.263 e. The molecular formula is C11H5F3N4. The summed E-state index contributed by atoms with van der Waals surface area (Å²) in [6.45, 7) is 0. The third kappa shape index (κ3) is 2.43. The standard InChI is InChI=1S/C11H5F3N4/c12-11(13,14)8-1-7(3-16-4-8)10-6-17-9(2-15)5-18-10/h1,3-6H. The lowest BCUT2D eigenvalue weighted by molar-refractivity contribution is -0.137. The first-order valence-electron chi connectivity index (χ1n) is 4.75. The fourth-order valence-corrected chi connectivity index (χ4v) is 1.27. The summed E-state index contributed by atoms with van der Waals surface area (Å²) in [5.74, 6) is 0. The molecule has 2 heterocycles. The van der Waals surface area contributed by atoms with Crippen molar-refractivity contribution in [1.82, 2.24) is 15.0 Å². The first kappa shape index (κ1) is 12.0. The molecule has 2 aromatic heterocycles. The topological polar surface area (TPSA) is 62.5 Å². The van der Waals surface area contributed by atoms with Gasteiger partial charge in [0.1, 0.15) is 6.07 Å². The Kier molecular flexibility index (Phi) is 2.93. The minimum atomic E-state index is -4.46. The van der Waals surface area contributed by atoms with Crippen LogP contribution in [-0.4, -0.2) is 15.0 Å². The Labute approximate surface area is 99.8 Å². The van der Waals surface area contributed by atoms with Gasteiger partial charge in [0.15, 0.2) is 5.69 Å². The van der Waals surface area contributed by atoms with Crippen LogP contribution in [0, 0.1) is 11.3 Å². The molecule has 0 saturated carbocycles. The Morgan fingerprint density at radius 1 is 1.06 bits per heavy atom. The summed E-state index contributed by atoms with van der Waals surface area (Å²) in [4.78, 5) is 11.1. The highest BCUT2D eigenvalue weighted by atomic mass is 19.4. The molecule has 2 aromatic rings. The van der Waals surface area contributed by atoms with Gasteiger partial charge in [-0.2, -0.15) is 18.4 Å². The smallest absolute Gasteiger partial charge is 0.263 e. The van der Waals surface area contributed by atoms with Crippen molar-refractivity contribution < 1.29 is 13.2 Å². The van der Waals surface area contributed by atoms with E-state index in [4.69, 9.17) is 5.26 Å². The van der Waals surface area contributed by atoms with Gasteiger partial charge in [-0.3, -0.25) is 9.97 Å². The van der Waals surface area contributed by atoms with E-state index >= 15 is 0 Å². The second kappa shape index (κ2) is 4.41. The van der Waals surface area contributed by atoms with E-state index in [2.05, 4.69) is 15.0 Å². The summed E-state index contributed by atoms with van der Waals surface area (Å²) < 4.78 is 37.4. The highest BCUT2D eigenvalue weighted by molar-refractivity contribution is 5.57. The van der Waals surface area contributed by atoms with Gasteiger partial charge in [-0.05, 0) is 6.07 Å². The highest BCUT2D eigenvalue weighted by Crippen LogP contribution is 2.30. The van der Waals surface area contributed by atoms with Crippen LogP contribution in [0.1, 0.15) is 11.3 Å². The van der Waals surface area contributed by atoms with Gasteiger partial charge in [0.2, 0.25) is 0 Å². The van der Waals surface area contributed by atoms with Crippen molar-refractivity contribution in [3.8, 4) is 17.3 Å². The SMILES string of the molecule is N#Cc1cnc(-c2cncc(C(F)(F)F)c2)cn1. The fourth-order valence-electron chi connectivity index (χ4n) is 1.27. The lowest BCUT2D eigenvalue weighted by atomic mass is 10.1. The summed E-state index contributed by atoms with van der Waals surface area (Å²) >= 11 is 0. The molecule has 90 valence electrons. The molecule has 0 atom stereocenters. The van der Waals surface area contributed by atoms with Crippen molar-refractivity contribution in [3.63, 3.8) is 0 Å². The molecule has 7 heteroatoms. The molecule has 0 bridgehead atoms. The van der Waals surface area contributed by atoms with E-state index in [1.54, 1.807) is 6.07 Å². The molecule has 0 N–H and O–H groups in total. The number of nitrogens with zero attached hydrogens (tertiary/aromatic N) is 4. The molecule has 0 aliphatic heterocycles. The molecule has 0 aromatic carbocycles. The maximum Gasteiger partial charge on any atom is 0.417 e. The molecule has 0 spiro atoms. The van der Waals surface area contributed by atoms with E-state index in [0.717, 1.165) is 12.3 Å². The van der Waals surface area contributed by atoms with Crippen LogP contribution in [-0.2, 0) is 6.18 Å². The zero-order valence-corrected chi connectivity index (χ0v) is 8.81. The molecule has 0 unspecified atom stereocenters. The summed E-state index contributed by atoms with van der Waals surface area (Å²) in [7, 11) is 0. The van der Waals surface area contributed by atoms with Crippen LogP contribution in [0.5, 0.6) is 0 Å².